The SMILES string of the molecule is CN1CCC[C@@]2(COc3nc4c5c(c(Cl)c(-c6ccc(F)c7sc(N)c(C#N)c67)c(F)c5n3)OCC(C(C)(C)C#N)N4CC(F)F)CCC[C@@H]12. The Morgan fingerprint density at radius 1 is 1.20 bits per heavy atom. The number of nitrogen functional groups attached to an aromatic ring is 1. The molecule has 0 spiro atoms. The number of hydrogen-bond donors (Lipinski definition) is 1. The Balaban J connectivity index is 1.49. The molecule has 262 valence electrons. The molecule has 2 fully saturated rings. The molecule has 3 atom stereocenters. The second-order valence-electron chi connectivity index (χ2n) is 14.0. The van der Waals surface area contributed by atoms with Crippen molar-refractivity contribution in [3.8, 4) is 35.0 Å². The molecule has 9 nitrogen and oxygen atoms in total. The predicted molar refractivity (Wildman–Crippen MR) is 184 cm³/mol. The summed E-state index contributed by atoms with van der Waals surface area (Å²) < 4.78 is 73.5. The van der Waals surface area contributed by atoms with Gasteiger partial charge in [0.25, 0.3) is 6.43 Å². The third kappa shape index (κ3) is 5.35. The van der Waals surface area contributed by atoms with E-state index >= 15 is 8.78 Å². The second kappa shape index (κ2) is 12.6. The van der Waals surface area contributed by atoms with Crippen LogP contribution in [0.2, 0.25) is 5.02 Å². The van der Waals surface area contributed by atoms with E-state index in [1.54, 1.807) is 13.8 Å². The molecule has 0 radical (unpaired) electrons. The normalized spacial score (nSPS) is 22.3. The molecule has 0 bridgehead atoms. The zero-order valence-electron chi connectivity index (χ0n) is 27.6. The van der Waals surface area contributed by atoms with Gasteiger partial charge in [-0.1, -0.05) is 24.1 Å². The van der Waals surface area contributed by atoms with Gasteiger partial charge in [0, 0.05) is 22.4 Å². The average molecular weight is 728 g/mol. The number of fused-ring (bicyclic) bond motifs is 2. The van der Waals surface area contributed by atoms with Crippen molar-refractivity contribution in [2.24, 2.45) is 10.8 Å². The maximum Gasteiger partial charge on any atom is 0.319 e. The molecule has 1 unspecified atom stereocenters. The van der Waals surface area contributed by atoms with Crippen molar-refractivity contribution in [3.05, 3.63) is 34.4 Å². The van der Waals surface area contributed by atoms with E-state index in [2.05, 4.69) is 28.0 Å². The molecule has 2 N–H and O–H groups in total. The summed E-state index contributed by atoms with van der Waals surface area (Å²) in [6.07, 6.45) is 2.01. The summed E-state index contributed by atoms with van der Waals surface area (Å²) in [4.78, 5) is 12.8. The molecule has 1 aliphatic carbocycles. The number of thiophene rings is 1. The van der Waals surface area contributed by atoms with E-state index in [1.165, 1.54) is 11.0 Å². The Hall–Kier alpha value is -4.11. The number of halogens is 5. The minimum atomic E-state index is -2.86. The molecule has 50 heavy (non-hydrogen) atoms. The van der Waals surface area contributed by atoms with Crippen LogP contribution in [0.5, 0.6) is 11.8 Å². The first-order valence-electron chi connectivity index (χ1n) is 16.4. The van der Waals surface area contributed by atoms with Crippen LogP contribution >= 0.6 is 22.9 Å². The minimum absolute atomic E-state index is 0.0352. The van der Waals surface area contributed by atoms with Gasteiger partial charge < -0.3 is 25.0 Å². The van der Waals surface area contributed by atoms with Crippen molar-refractivity contribution in [1.29, 1.82) is 10.5 Å². The third-order valence-corrected chi connectivity index (χ3v) is 12.1. The van der Waals surface area contributed by atoms with Crippen LogP contribution in [0.4, 0.5) is 28.4 Å². The van der Waals surface area contributed by atoms with E-state index in [1.807, 2.05) is 6.07 Å². The number of anilines is 2. The molecular formula is C35H34ClF4N7O2S. The van der Waals surface area contributed by atoms with E-state index in [9.17, 15) is 19.3 Å². The number of hydrogen-bond acceptors (Lipinski definition) is 10. The molecule has 3 aliphatic rings. The average Bonchev–Trinajstić information content (AvgIpc) is 3.62. The topological polar surface area (TPSA) is 124 Å². The monoisotopic (exact) mass is 727 g/mol. The van der Waals surface area contributed by atoms with Gasteiger partial charge in [-0.05, 0) is 64.8 Å². The first kappa shape index (κ1) is 34.3. The van der Waals surface area contributed by atoms with Crippen LogP contribution in [-0.4, -0.2) is 66.7 Å². The molecule has 2 aromatic heterocycles. The molecular weight excluding hydrogens is 694 g/mol. The Labute approximate surface area is 295 Å². The van der Waals surface area contributed by atoms with Crippen LogP contribution in [-0.2, 0) is 0 Å². The lowest BCUT2D eigenvalue weighted by Gasteiger charge is -2.44. The highest BCUT2D eigenvalue weighted by molar-refractivity contribution is 7.23. The van der Waals surface area contributed by atoms with Crippen molar-refractivity contribution in [1.82, 2.24) is 14.9 Å². The lowest BCUT2D eigenvalue weighted by Crippen LogP contribution is -2.50. The van der Waals surface area contributed by atoms with Gasteiger partial charge in [0.2, 0.25) is 0 Å². The van der Waals surface area contributed by atoms with Crippen LogP contribution < -0.4 is 20.1 Å². The van der Waals surface area contributed by atoms with Gasteiger partial charge in [0.1, 0.15) is 34.8 Å². The number of piperidine rings is 1. The molecule has 7 rings (SSSR count). The molecule has 4 aromatic rings. The number of nitrogens with two attached hydrogens (primary N) is 1. The fraction of sp³-hybridized carbons (Fsp3) is 0.486. The highest BCUT2D eigenvalue weighted by Gasteiger charge is 2.48. The number of ether oxygens (including phenoxy) is 2. The van der Waals surface area contributed by atoms with E-state index < -0.39 is 36.1 Å². The number of nitrogens with zero attached hydrogens (tertiary/aromatic N) is 6. The van der Waals surface area contributed by atoms with Crippen molar-refractivity contribution >= 4 is 54.7 Å². The summed E-state index contributed by atoms with van der Waals surface area (Å²) in [6.45, 7) is 3.26. The number of rotatable bonds is 7. The van der Waals surface area contributed by atoms with Crippen LogP contribution in [0.15, 0.2) is 12.1 Å². The quantitative estimate of drug-likeness (QED) is 0.189. The first-order valence-corrected chi connectivity index (χ1v) is 17.6. The number of likely N-dealkylation sites (tertiary alicyclic amines) is 1. The van der Waals surface area contributed by atoms with Crippen LogP contribution in [0, 0.1) is 45.1 Å². The van der Waals surface area contributed by atoms with Crippen LogP contribution in [0.1, 0.15) is 51.5 Å². The highest BCUT2D eigenvalue weighted by Crippen LogP contribution is 2.52. The maximum absolute atomic E-state index is 17.3. The molecule has 4 heterocycles. The Morgan fingerprint density at radius 2 is 1.96 bits per heavy atom. The summed E-state index contributed by atoms with van der Waals surface area (Å²) in [5.74, 6) is -1.84. The summed E-state index contributed by atoms with van der Waals surface area (Å²) in [5, 5.41) is 19.8. The maximum atomic E-state index is 17.3. The minimum Gasteiger partial charge on any atom is -0.489 e. The second-order valence-corrected chi connectivity index (χ2v) is 15.4. The summed E-state index contributed by atoms with van der Waals surface area (Å²) in [5.41, 5.74) is 4.11. The van der Waals surface area contributed by atoms with Crippen molar-refractivity contribution in [2.75, 3.05) is 44.0 Å². The van der Waals surface area contributed by atoms with Gasteiger partial charge in [-0.3, -0.25) is 0 Å². The van der Waals surface area contributed by atoms with Crippen molar-refractivity contribution in [3.63, 3.8) is 0 Å². The first-order chi connectivity index (χ1) is 23.8. The van der Waals surface area contributed by atoms with E-state index in [-0.39, 0.29) is 90.0 Å². The van der Waals surface area contributed by atoms with Gasteiger partial charge in [-0.2, -0.15) is 20.5 Å². The molecule has 0 amide bonds. The molecule has 15 heteroatoms. The van der Waals surface area contributed by atoms with E-state index in [0.717, 1.165) is 56.1 Å². The largest absolute Gasteiger partial charge is 0.489 e. The van der Waals surface area contributed by atoms with Crippen molar-refractivity contribution < 1.29 is 27.0 Å². The standard InChI is InChI=1S/C35H34ClF4N7O2S/c1-34(2,15-42)21-14-48-29-25-28(27(40)24(26(29)36)17-7-8-19(37)30-23(17)18(12-41)31(43)50-30)44-33(45-32(25)47(21)13-22(38)39)49-16-35-9-4-6-20(35)46(3)11-5-10-35/h7-8,20-22H,4-6,9-11,13-14,16,43H2,1-3H3/t20-,21?,35-/m1/s1. The number of nitriles is 2. The van der Waals surface area contributed by atoms with Gasteiger partial charge in [0.05, 0.1) is 51.3 Å². The fourth-order valence-electron chi connectivity index (χ4n) is 8.21. The fourth-order valence-corrected chi connectivity index (χ4v) is 9.49. The predicted octanol–water partition coefficient (Wildman–Crippen LogP) is 7.92. The Morgan fingerprint density at radius 3 is 2.68 bits per heavy atom. The lowest BCUT2D eigenvalue weighted by molar-refractivity contribution is 0.0133. The molecule has 1 saturated heterocycles. The summed E-state index contributed by atoms with van der Waals surface area (Å²) >= 11 is 7.83. The van der Waals surface area contributed by atoms with Gasteiger partial charge >= 0.3 is 6.01 Å². The molecule has 2 aliphatic heterocycles. The number of benzene rings is 2. The summed E-state index contributed by atoms with van der Waals surface area (Å²) in [7, 11) is 2.09. The smallest absolute Gasteiger partial charge is 0.319 e. The number of alkyl halides is 2. The zero-order valence-corrected chi connectivity index (χ0v) is 29.2. The number of aromatic nitrogens is 2. The van der Waals surface area contributed by atoms with Gasteiger partial charge in [-0.25, -0.2) is 17.6 Å². The summed E-state index contributed by atoms with van der Waals surface area (Å²) in [6, 6.07) is 5.67. The van der Waals surface area contributed by atoms with E-state index in [4.69, 9.17) is 26.8 Å². The van der Waals surface area contributed by atoms with Gasteiger partial charge in [-0.15, -0.1) is 11.3 Å². The van der Waals surface area contributed by atoms with Crippen LogP contribution in [0.25, 0.3) is 32.1 Å². The molecule has 2 aromatic carbocycles. The molecule has 1 saturated carbocycles. The van der Waals surface area contributed by atoms with Gasteiger partial charge in [0.15, 0.2) is 11.6 Å². The lowest BCUT2D eigenvalue weighted by atomic mass is 9.76. The Kier molecular flexibility index (Phi) is 8.64. The Bertz CT molecular complexity index is 2120. The van der Waals surface area contributed by atoms with E-state index in [0.29, 0.717) is 0 Å². The van der Waals surface area contributed by atoms with Crippen LogP contribution in [0.3, 0.4) is 0 Å². The zero-order chi connectivity index (χ0) is 35.7. The highest BCUT2D eigenvalue weighted by atomic mass is 35.5. The third-order valence-electron chi connectivity index (χ3n) is 10.7. The van der Waals surface area contributed by atoms with Crippen molar-refractivity contribution in [2.45, 2.75) is 64.5 Å².